The Hall–Kier alpha value is -2.29. The van der Waals surface area contributed by atoms with Gasteiger partial charge < -0.3 is 10.2 Å². The van der Waals surface area contributed by atoms with E-state index in [9.17, 15) is 18.0 Å². The Kier molecular flexibility index (Phi) is 9.79. The van der Waals surface area contributed by atoms with Gasteiger partial charge in [0.15, 0.2) is 0 Å². The molecule has 0 bridgehead atoms. The molecule has 34 heavy (non-hydrogen) atoms. The van der Waals surface area contributed by atoms with Crippen molar-refractivity contribution >= 4 is 50.7 Å². The van der Waals surface area contributed by atoms with Crippen LogP contribution < -0.4 is 9.62 Å². The van der Waals surface area contributed by atoms with Crippen LogP contribution in [0.5, 0.6) is 0 Å². The fourth-order valence-electron chi connectivity index (χ4n) is 3.84. The predicted octanol–water partition coefficient (Wildman–Crippen LogP) is 4.32. The number of rotatable bonds is 10. The number of para-hydroxylation sites is 1. The average Bonchev–Trinajstić information content (AvgIpc) is 2.74. The molecule has 2 aromatic carbocycles. The van der Waals surface area contributed by atoms with Crippen molar-refractivity contribution in [2.24, 2.45) is 0 Å². The predicted molar refractivity (Wildman–Crippen MR) is 138 cm³/mol. The van der Waals surface area contributed by atoms with Crippen molar-refractivity contribution in [3.05, 3.63) is 63.1 Å². The number of sulfonamides is 1. The minimum atomic E-state index is -3.81. The Morgan fingerprint density at radius 1 is 1.00 bits per heavy atom. The van der Waals surface area contributed by atoms with E-state index in [0.29, 0.717) is 34.3 Å². The molecule has 0 fully saturated rings. The first-order valence-corrected chi connectivity index (χ1v) is 13.6. The summed E-state index contributed by atoms with van der Waals surface area (Å²) in [6.07, 6.45) is 1.38. The Morgan fingerprint density at radius 2 is 1.53 bits per heavy atom. The molecule has 10 heteroatoms. The quantitative estimate of drug-likeness (QED) is 0.498. The van der Waals surface area contributed by atoms with Crippen LogP contribution in [0.3, 0.4) is 0 Å². The van der Waals surface area contributed by atoms with Crippen molar-refractivity contribution in [2.45, 2.75) is 46.7 Å². The summed E-state index contributed by atoms with van der Waals surface area (Å²) in [4.78, 5) is 27.9. The summed E-state index contributed by atoms with van der Waals surface area (Å²) in [5, 5.41) is 3.45. The highest BCUT2D eigenvalue weighted by Gasteiger charge is 2.33. The van der Waals surface area contributed by atoms with Crippen LogP contribution in [0.4, 0.5) is 5.69 Å². The molecular formula is C24H31Cl2N3O4S. The first kappa shape index (κ1) is 28.0. The number of nitrogens with one attached hydrogen (secondary N) is 1. The Bertz CT molecular complexity index is 1110. The number of halogens is 2. The van der Waals surface area contributed by atoms with E-state index in [-0.39, 0.29) is 12.5 Å². The largest absolute Gasteiger partial charge is 0.355 e. The highest BCUT2D eigenvalue weighted by molar-refractivity contribution is 7.92. The fraction of sp³-hybridized carbons (Fsp3) is 0.417. The van der Waals surface area contributed by atoms with Crippen LogP contribution in [0.2, 0.25) is 10.0 Å². The van der Waals surface area contributed by atoms with Gasteiger partial charge in [-0.1, -0.05) is 54.4 Å². The molecule has 0 unspecified atom stereocenters. The molecule has 7 nitrogen and oxygen atoms in total. The van der Waals surface area contributed by atoms with E-state index in [1.807, 2.05) is 6.07 Å². The molecular weight excluding hydrogens is 497 g/mol. The molecule has 0 aromatic heterocycles. The summed E-state index contributed by atoms with van der Waals surface area (Å²) < 4.78 is 26.6. The highest BCUT2D eigenvalue weighted by atomic mass is 35.5. The maximum Gasteiger partial charge on any atom is 0.244 e. The Labute approximate surface area is 212 Å². The van der Waals surface area contributed by atoms with Gasteiger partial charge in [-0.05, 0) is 50.5 Å². The number of amides is 2. The number of nitrogens with zero attached hydrogens (tertiary/aromatic N) is 2. The second-order valence-corrected chi connectivity index (χ2v) is 10.8. The topological polar surface area (TPSA) is 86.8 Å². The monoisotopic (exact) mass is 527 g/mol. The number of carbonyl (C=O) groups is 2. The van der Waals surface area contributed by atoms with E-state index >= 15 is 0 Å². The van der Waals surface area contributed by atoms with Gasteiger partial charge in [0.2, 0.25) is 21.8 Å². The highest BCUT2D eigenvalue weighted by Crippen LogP contribution is 2.29. The summed E-state index contributed by atoms with van der Waals surface area (Å²) in [5.41, 5.74) is 2.37. The summed E-state index contributed by atoms with van der Waals surface area (Å²) in [7, 11) is -3.81. The van der Waals surface area contributed by atoms with Gasteiger partial charge in [0, 0.05) is 28.7 Å². The lowest BCUT2D eigenvalue weighted by molar-refractivity contribution is -0.140. The van der Waals surface area contributed by atoms with Gasteiger partial charge in [-0.3, -0.25) is 13.9 Å². The van der Waals surface area contributed by atoms with Gasteiger partial charge in [0.1, 0.15) is 12.6 Å². The Morgan fingerprint density at radius 3 is 2.00 bits per heavy atom. The van der Waals surface area contributed by atoms with E-state index in [1.54, 1.807) is 58.0 Å². The summed E-state index contributed by atoms with van der Waals surface area (Å²) >= 11 is 12.7. The second kappa shape index (κ2) is 11.9. The zero-order chi connectivity index (χ0) is 25.6. The van der Waals surface area contributed by atoms with E-state index in [4.69, 9.17) is 23.2 Å². The molecule has 0 saturated heterocycles. The molecule has 2 rings (SSSR count). The first-order chi connectivity index (χ1) is 15.9. The second-order valence-electron chi connectivity index (χ2n) is 8.05. The summed E-state index contributed by atoms with van der Waals surface area (Å²) in [6.45, 7) is 7.02. The molecule has 0 radical (unpaired) electrons. The molecule has 1 N–H and O–H groups in total. The summed E-state index contributed by atoms with van der Waals surface area (Å²) in [6, 6.07) is 9.55. The lowest BCUT2D eigenvalue weighted by Crippen LogP contribution is -2.52. The zero-order valence-electron chi connectivity index (χ0n) is 20.1. The minimum Gasteiger partial charge on any atom is -0.355 e. The summed E-state index contributed by atoms with van der Waals surface area (Å²) in [5.74, 6) is -0.873. The van der Waals surface area contributed by atoms with Crippen molar-refractivity contribution in [1.82, 2.24) is 10.2 Å². The van der Waals surface area contributed by atoms with E-state index in [1.165, 1.54) is 4.90 Å². The van der Waals surface area contributed by atoms with E-state index in [0.717, 1.165) is 21.7 Å². The van der Waals surface area contributed by atoms with Crippen molar-refractivity contribution in [3.8, 4) is 0 Å². The SMILES string of the molecule is CCNC(=O)[C@H](CC)N(Cc1c(Cl)cccc1Cl)C(=O)CN(c1c(C)cccc1C)S(C)(=O)=O. The maximum atomic E-state index is 13.7. The number of hydrogen-bond donors (Lipinski definition) is 1. The van der Waals surface area contributed by atoms with Crippen molar-refractivity contribution < 1.29 is 18.0 Å². The van der Waals surface area contributed by atoms with Crippen molar-refractivity contribution in [2.75, 3.05) is 23.7 Å². The smallest absolute Gasteiger partial charge is 0.244 e. The van der Waals surface area contributed by atoms with Crippen molar-refractivity contribution in [3.63, 3.8) is 0 Å². The molecule has 0 aliphatic rings. The third-order valence-electron chi connectivity index (χ3n) is 5.50. The lowest BCUT2D eigenvalue weighted by atomic mass is 10.1. The maximum absolute atomic E-state index is 13.7. The average molecular weight is 529 g/mol. The minimum absolute atomic E-state index is 0.0443. The molecule has 1 atom stereocenters. The number of hydrogen-bond acceptors (Lipinski definition) is 4. The molecule has 0 saturated carbocycles. The van der Waals surface area contributed by atoms with Gasteiger partial charge >= 0.3 is 0 Å². The van der Waals surface area contributed by atoms with Crippen LogP contribution >= 0.6 is 23.2 Å². The van der Waals surface area contributed by atoms with Gasteiger partial charge in [-0.15, -0.1) is 0 Å². The van der Waals surface area contributed by atoms with E-state index in [2.05, 4.69) is 5.32 Å². The number of carbonyl (C=O) groups excluding carboxylic acids is 2. The van der Waals surface area contributed by atoms with Crippen LogP contribution in [0.15, 0.2) is 36.4 Å². The molecule has 0 heterocycles. The molecule has 0 aliphatic heterocycles. The number of anilines is 1. The van der Waals surface area contributed by atoms with Gasteiger partial charge in [-0.25, -0.2) is 8.42 Å². The van der Waals surface area contributed by atoms with Crippen LogP contribution in [-0.4, -0.2) is 50.5 Å². The number of aryl methyl sites for hydroxylation is 2. The molecule has 0 spiro atoms. The number of likely N-dealkylation sites (N-methyl/N-ethyl adjacent to an activating group) is 1. The van der Waals surface area contributed by atoms with Crippen LogP contribution in [-0.2, 0) is 26.2 Å². The van der Waals surface area contributed by atoms with E-state index < -0.39 is 28.5 Å². The Balaban J connectivity index is 2.55. The third-order valence-corrected chi connectivity index (χ3v) is 7.32. The lowest BCUT2D eigenvalue weighted by Gasteiger charge is -2.33. The first-order valence-electron chi connectivity index (χ1n) is 11.0. The van der Waals surface area contributed by atoms with Gasteiger partial charge in [0.25, 0.3) is 0 Å². The van der Waals surface area contributed by atoms with Gasteiger partial charge in [0.05, 0.1) is 11.9 Å². The van der Waals surface area contributed by atoms with Crippen LogP contribution in [0, 0.1) is 13.8 Å². The molecule has 186 valence electrons. The molecule has 2 aromatic rings. The fourth-order valence-corrected chi connectivity index (χ4v) is 5.32. The standard InChI is InChI=1S/C24H31Cl2N3O4S/c1-6-21(24(31)27-7-2)28(14-18-19(25)12-9-13-20(18)26)22(30)15-29(34(5,32)33)23-16(3)10-8-11-17(23)4/h8-13,21H,6-7,14-15H2,1-5H3,(H,27,31)/t21-/m0/s1. The molecule has 0 aliphatic carbocycles. The normalized spacial score (nSPS) is 12.2. The van der Waals surface area contributed by atoms with Crippen LogP contribution in [0.25, 0.3) is 0 Å². The van der Waals surface area contributed by atoms with Crippen LogP contribution in [0.1, 0.15) is 37.0 Å². The molecule has 2 amide bonds. The zero-order valence-corrected chi connectivity index (χ0v) is 22.4. The van der Waals surface area contributed by atoms with Gasteiger partial charge in [-0.2, -0.15) is 0 Å². The third kappa shape index (κ3) is 6.64. The number of benzene rings is 2. The van der Waals surface area contributed by atoms with Crippen molar-refractivity contribution in [1.29, 1.82) is 0 Å².